The Kier molecular flexibility index (Phi) is 2.85. The predicted molar refractivity (Wildman–Crippen MR) is 57.0 cm³/mol. The molecule has 1 aliphatic rings. The summed E-state index contributed by atoms with van der Waals surface area (Å²) in [4.78, 5) is 13.0. The van der Waals surface area contributed by atoms with E-state index in [1.165, 1.54) is 0 Å². The summed E-state index contributed by atoms with van der Waals surface area (Å²) in [6.45, 7) is 1.45. The summed E-state index contributed by atoms with van der Waals surface area (Å²) in [7, 11) is 0. The Morgan fingerprint density at radius 2 is 2.50 bits per heavy atom. The normalized spacial score (nSPS) is 15.4. The lowest BCUT2D eigenvalue weighted by Crippen LogP contribution is -2.24. The number of thiophene rings is 1. The van der Waals surface area contributed by atoms with Crippen LogP contribution in [0.15, 0.2) is 16.8 Å². The van der Waals surface area contributed by atoms with Gasteiger partial charge in [-0.1, -0.05) is 11.8 Å². The first-order chi connectivity index (χ1) is 6.86. The van der Waals surface area contributed by atoms with Gasteiger partial charge in [-0.05, 0) is 17.9 Å². The molecule has 1 fully saturated rings. The number of amides is 1. The van der Waals surface area contributed by atoms with Crippen LogP contribution in [0.25, 0.3) is 0 Å². The molecule has 0 spiro atoms. The van der Waals surface area contributed by atoms with E-state index >= 15 is 0 Å². The van der Waals surface area contributed by atoms with Crippen LogP contribution in [0.2, 0.25) is 0 Å². The van der Waals surface area contributed by atoms with Crippen molar-refractivity contribution < 1.29 is 4.79 Å². The zero-order chi connectivity index (χ0) is 9.80. The molecule has 1 aliphatic heterocycles. The van der Waals surface area contributed by atoms with E-state index in [9.17, 15) is 4.79 Å². The summed E-state index contributed by atoms with van der Waals surface area (Å²) in [5.74, 6) is 6.30. The maximum Gasteiger partial charge on any atom is 0.223 e. The molecular formula is C11H11NOS. The molecule has 72 valence electrons. The lowest BCUT2D eigenvalue weighted by molar-refractivity contribution is -0.127. The molecule has 0 aromatic carbocycles. The van der Waals surface area contributed by atoms with Crippen molar-refractivity contribution in [3.63, 3.8) is 0 Å². The standard InChI is InChI=1S/C11H11NOS/c13-11-4-2-7-12(11)6-1-3-10-5-8-14-9-10/h5,8-9H,2,4,6-7H2. The minimum absolute atomic E-state index is 0.240. The third-order valence-corrected chi connectivity index (χ3v) is 2.88. The van der Waals surface area contributed by atoms with E-state index in [0.717, 1.165) is 18.5 Å². The van der Waals surface area contributed by atoms with Crippen LogP contribution in [-0.4, -0.2) is 23.9 Å². The molecule has 0 radical (unpaired) electrons. The van der Waals surface area contributed by atoms with E-state index < -0.39 is 0 Å². The van der Waals surface area contributed by atoms with Gasteiger partial charge < -0.3 is 4.90 Å². The molecule has 0 aliphatic carbocycles. The van der Waals surface area contributed by atoms with Gasteiger partial charge in [-0.25, -0.2) is 0 Å². The molecule has 2 heterocycles. The highest BCUT2D eigenvalue weighted by molar-refractivity contribution is 7.08. The van der Waals surface area contributed by atoms with Gasteiger partial charge in [0.05, 0.1) is 6.54 Å². The summed E-state index contributed by atoms with van der Waals surface area (Å²) in [6, 6.07) is 1.99. The summed E-state index contributed by atoms with van der Waals surface area (Å²) in [6.07, 6.45) is 1.68. The van der Waals surface area contributed by atoms with Gasteiger partial charge in [-0.3, -0.25) is 4.79 Å². The number of hydrogen-bond donors (Lipinski definition) is 0. The van der Waals surface area contributed by atoms with E-state index in [2.05, 4.69) is 11.8 Å². The molecule has 1 amide bonds. The molecule has 1 aromatic rings. The Hall–Kier alpha value is -1.27. The fourth-order valence-corrected chi connectivity index (χ4v) is 2.03. The molecular weight excluding hydrogens is 194 g/mol. The predicted octanol–water partition coefficient (Wildman–Crippen LogP) is 1.72. The molecule has 0 saturated carbocycles. The van der Waals surface area contributed by atoms with Gasteiger partial charge in [-0.2, -0.15) is 11.3 Å². The smallest absolute Gasteiger partial charge is 0.223 e. The monoisotopic (exact) mass is 205 g/mol. The van der Waals surface area contributed by atoms with Crippen LogP contribution in [0.5, 0.6) is 0 Å². The Labute approximate surface area is 87.5 Å². The minimum Gasteiger partial charge on any atom is -0.332 e. The third-order valence-electron chi connectivity index (χ3n) is 2.20. The van der Waals surface area contributed by atoms with E-state index in [1.807, 2.05) is 21.7 Å². The van der Waals surface area contributed by atoms with E-state index in [1.54, 1.807) is 11.3 Å². The number of carbonyl (C=O) groups excluding carboxylic acids is 1. The number of rotatable bonds is 1. The molecule has 0 N–H and O–H groups in total. The van der Waals surface area contributed by atoms with Gasteiger partial charge in [0.25, 0.3) is 0 Å². The first-order valence-corrected chi connectivity index (χ1v) is 5.59. The van der Waals surface area contributed by atoms with Crippen molar-refractivity contribution in [1.82, 2.24) is 4.90 Å². The quantitative estimate of drug-likeness (QED) is 0.639. The second-order valence-electron chi connectivity index (χ2n) is 3.23. The van der Waals surface area contributed by atoms with Crippen LogP contribution < -0.4 is 0 Å². The maximum absolute atomic E-state index is 11.2. The average molecular weight is 205 g/mol. The van der Waals surface area contributed by atoms with Crippen molar-refractivity contribution in [2.24, 2.45) is 0 Å². The van der Waals surface area contributed by atoms with Crippen LogP contribution in [0, 0.1) is 11.8 Å². The lowest BCUT2D eigenvalue weighted by Gasteiger charge is -2.09. The number of nitrogens with zero attached hydrogens (tertiary/aromatic N) is 1. The van der Waals surface area contributed by atoms with Crippen molar-refractivity contribution in [2.45, 2.75) is 12.8 Å². The van der Waals surface area contributed by atoms with Crippen LogP contribution in [0.4, 0.5) is 0 Å². The molecule has 0 unspecified atom stereocenters. The molecule has 2 rings (SSSR count). The van der Waals surface area contributed by atoms with E-state index in [4.69, 9.17) is 0 Å². The Morgan fingerprint density at radius 1 is 1.57 bits per heavy atom. The molecule has 0 bridgehead atoms. The Balaban J connectivity index is 1.90. The zero-order valence-electron chi connectivity index (χ0n) is 7.82. The average Bonchev–Trinajstić information content (AvgIpc) is 2.78. The highest BCUT2D eigenvalue weighted by Gasteiger charge is 2.18. The molecule has 0 atom stereocenters. The minimum atomic E-state index is 0.240. The van der Waals surface area contributed by atoms with Crippen LogP contribution >= 0.6 is 11.3 Å². The number of carbonyl (C=O) groups is 1. The van der Waals surface area contributed by atoms with Crippen LogP contribution in [0.3, 0.4) is 0 Å². The SMILES string of the molecule is O=C1CCCN1CC#Cc1ccsc1. The number of likely N-dealkylation sites (tertiary alicyclic amines) is 1. The Morgan fingerprint density at radius 3 is 3.14 bits per heavy atom. The molecule has 2 nitrogen and oxygen atoms in total. The van der Waals surface area contributed by atoms with Gasteiger partial charge >= 0.3 is 0 Å². The summed E-state index contributed by atoms with van der Waals surface area (Å²) < 4.78 is 0. The van der Waals surface area contributed by atoms with Gasteiger partial charge in [0.15, 0.2) is 0 Å². The van der Waals surface area contributed by atoms with Crippen molar-refractivity contribution in [1.29, 1.82) is 0 Å². The highest BCUT2D eigenvalue weighted by Crippen LogP contribution is 2.08. The van der Waals surface area contributed by atoms with Crippen molar-refractivity contribution >= 4 is 17.2 Å². The fourth-order valence-electron chi connectivity index (χ4n) is 1.44. The van der Waals surface area contributed by atoms with Crippen molar-refractivity contribution in [3.8, 4) is 11.8 Å². The van der Waals surface area contributed by atoms with Crippen molar-refractivity contribution in [2.75, 3.05) is 13.1 Å². The van der Waals surface area contributed by atoms with Crippen molar-refractivity contribution in [3.05, 3.63) is 22.4 Å². The summed E-state index contributed by atoms with van der Waals surface area (Å²) in [5, 5.41) is 4.02. The Bertz CT molecular complexity index is 372. The van der Waals surface area contributed by atoms with Crippen LogP contribution in [0.1, 0.15) is 18.4 Å². The van der Waals surface area contributed by atoms with Gasteiger partial charge in [0, 0.05) is 23.9 Å². The van der Waals surface area contributed by atoms with Gasteiger partial charge in [-0.15, -0.1) is 0 Å². The topological polar surface area (TPSA) is 20.3 Å². The zero-order valence-corrected chi connectivity index (χ0v) is 8.64. The summed E-state index contributed by atoms with van der Waals surface area (Å²) >= 11 is 1.64. The maximum atomic E-state index is 11.2. The second kappa shape index (κ2) is 4.30. The van der Waals surface area contributed by atoms with E-state index in [-0.39, 0.29) is 5.91 Å². The molecule has 3 heteroatoms. The van der Waals surface area contributed by atoms with Gasteiger partial charge in [0.2, 0.25) is 5.91 Å². The largest absolute Gasteiger partial charge is 0.332 e. The summed E-state index contributed by atoms with van der Waals surface area (Å²) in [5.41, 5.74) is 1.04. The fraction of sp³-hybridized carbons (Fsp3) is 0.364. The first kappa shape index (κ1) is 9.29. The highest BCUT2D eigenvalue weighted by atomic mass is 32.1. The molecule has 1 saturated heterocycles. The van der Waals surface area contributed by atoms with Crippen LogP contribution in [-0.2, 0) is 4.79 Å². The number of hydrogen-bond acceptors (Lipinski definition) is 2. The molecule has 14 heavy (non-hydrogen) atoms. The lowest BCUT2D eigenvalue weighted by atomic mass is 10.3. The van der Waals surface area contributed by atoms with Gasteiger partial charge in [0.1, 0.15) is 0 Å². The third kappa shape index (κ3) is 2.15. The second-order valence-corrected chi connectivity index (χ2v) is 4.01. The first-order valence-electron chi connectivity index (χ1n) is 4.65. The molecule has 1 aromatic heterocycles. The van der Waals surface area contributed by atoms with E-state index in [0.29, 0.717) is 13.0 Å².